The van der Waals surface area contributed by atoms with E-state index in [2.05, 4.69) is 17.1 Å². The Balaban J connectivity index is 1.87. The van der Waals surface area contributed by atoms with E-state index in [0.717, 1.165) is 32.2 Å². The van der Waals surface area contributed by atoms with Gasteiger partial charge in [0, 0.05) is 26.2 Å². The topological polar surface area (TPSA) is 24.5 Å². The summed E-state index contributed by atoms with van der Waals surface area (Å²) in [4.78, 5) is 2.52. The lowest BCUT2D eigenvalue weighted by molar-refractivity contribution is -0.0864. The van der Waals surface area contributed by atoms with E-state index in [9.17, 15) is 0 Å². The van der Waals surface area contributed by atoms with Crippen molar-refractivity contribution in [3.05, 3.63) is 0 Å². The third kappa shape index (κ3) is 2.69. The van der Waals surface area contributed by atoms with E-state index in [1.54, 1.807) is 0 Å². The second-order valence-electron chi connectivity index (χ2n) is 4.63. The largest absolute Gasteiger partial charge is 0.363 e. The summed E-state index contributed by atoms with van der Waals surface area (Å²) in [5, 5.41) is 3.47. The van der Waals surface area contributed by atoms with Crippen molar-refractivity contribution in [2.75, 3.05) is 32.8 Å². The molecule has 0 amide bonds. The first-order valence-corrected chi connectivity index (χ1v) is 5.92. The smallest absolute Gasteiger partial charge is 0.110 e. The van der Waals surface area contributed by atoms with E-state index < -0.39 is 0 Å². The van der Waals surface area contributed by atoms with Gasteiger partial charge in [0.1, 0.15) is 6.23 Å². The Morgan fingerprint density at radius 2 is 2.29 bits per heavy atom. The maximum absolute atomic E-state index is 5.82. The van der Waals surface area contributed by atoms with Crippen molar-refractivity contribution in [3.8, 4) is 0 Å². The standard InChI is InChI=1S/C11H22N2O/c1-10-8-12-5-6-13(9-10)11-4-2-3-7-14-11/h10-12H,2-9H2,1H3. The van der Waals surface area contributed by atoms with Gasteiger partial charge in [-0.2, -0.15) is 0 Å². The van der Waals surface area contributed by atoms with Crippen LogP contribution in [0, 0.1) is 5.92 Å². The van der Waals surface area contributed by atoms with Crippen LogP contribution in [-0.4, -0.2) is 43.9 Å². The molecule has 14 heavy (non-hydrogen) atoms. The van der Waals surface area contributed by atoms with Gasteiger partial charge in [-0.15, -0.1) is 0 Å². The van der Waals surface area contributed by atoms with Crippen molar-refractivity contribution >= 4 is 0 Å². The van der Waals surface area contributed by atoms with E-state index in [4.69, 9.17) is 4.74 Å². The Kier molecular flexibility index (Phi) is 3.79. The summed E-state index contributed by atoms with van der Waals surface area (Å²) >= 11 is 0. The second kappa shape index (κ2) is 5.10. The van der Waals surface area contributed by atoms with E-state index in [1.165, 1.54) is 25.8 Å². The summed E-state index contributed by atoms with van der Waals surface area (Å²) < 4.78 is 5.82. The first-order chi connectivity index (χ1) is 6.86. The Morgan fingerprint density at radius 3 is 3.07 bits per heavy atom. The minimum Gasteiger partial charge on any atom is -0.363 e. The third-order valence-corrected chi connectivity index (χ3v) is 3.18. The van der Waals surface area contributed by atoms with Crippen LogP contribution in [0.4, 0.5) is 0 Å². The quantitative estimate of drug-likeness (QED) is 0.681. The average Bonchev–Trinajstić information content (AvgIpc) is 2.44. The van der Waals surface area contributed by atoms with Crippen LogP contribution in [0.5, 0.6) is 0 Å². The van der Waals surface area contributed by atoms with E-state index in [-0.39, 0.29) is 0 Å². The highest BCUT2D eigenvalue weighted by atomic mass is 16.5. The molecule has 0 aromatic rings. The van der Waals surface area contributed by atoms with Crippen LogP contribution in [0.2, 0.25) is 0 Å². The normalized spacial score (nSPS) is 36.6. The molecule has 82 valence electrons. The van der Waals surface area contributed by atoms with Crippen LogP contribution < -0.4 is 5.32 Å². The second-order valence-corrected chi connectivity index (χ2v) is 4.63. The Bertz CT molecular complexity index is 169. The lowest BCUT2D eigenvalue weighted by Crippen LogP contribution is -2.42. The predicted molar refractivity (Wildman–Crippen MR) is 57.2 cm³/mol. The Labute approximate surface area is 86.8 Å². The lowest BCUT2D eigenvalue weighted by atomic mass is 10.1. The predicted octanol–water partition coefficient (Wildman–Crippen LogP) is 1.05. The molecule has 2 rings (SSSR count). The zero-order valence-electron chi connectivity index (χ0n) is 9.17. The lowest BCUT2D eigenvalue weighted by Gasteiger charge is -2.34. The van der Waals surface area contributed by atoms with Crippen LogP contribution in [0.3, 0.4) is 0 Å². The van der Waals surface area contributed by atoms with Gasteiger partial charge in [-0.3, -0.25) is 4.90 Å². The molecule has 0 aromatic heterocycles. The molecule has 0 radical (unpaired) electrons. The Hall–Kier alpha value is -0.120. The number of hydrogen-bond donors (Lipinski definition) is 1. The van der Waals surface area contributed by atoms with Crippen molar-refractivity contribution in [1.29, 1.82) is 0 Å². The molecule has 0 spiro atoms. The van der Waals surface area contributed by atoms with Gasteiger partial charge >= 0.3 is 0 Å². The number of nitrogens with one attached hydrogen (secondary N) is 1. The van der Waals surface area contributed by atoms with Gasteiger partial charge in [-0.1, -0.05) is 6.92 Å². The van der Waals surface area contributed by atoms with Gasteiger partial charge in [-0.25, -0.2) is 0 Å². The van der Waals surface area contributed by atoms with Gasteiger partial charge in [0.15, 0.2) is 0 Å². The van der Waals surface area contributed by atoms with E-state index in [0.29, 0.717) is 6.23 Å². The monoisotopic (exact) mass is 198 g/mol. The average molecular weight is 198 g/mol. The molecule has 3 heteroatoms. The molecule has 2 saturated heterocycles. The summed E-state index contributed by atoms with van der Waals surface area (Å²) in [5.74, 6) is 0.753. The minimum absolute atomic E-state index is 0.408. The van der Waals surface area contributed by atoms with E-state index >= 15 is 0 Å². The molecule has 0 saturated carbocycles. The molecule has 2 atom stereocenters. The molecule has 0 bridgehead atoms. The van der Waals surface area contributed by atoms with Crippen LogP contribution in [0.1, 0.15) is 26.2 Å². The fourth-order valence-corrected chi connectivity index (χ4v) is 2.40. The molecule has 2 heterocycles. The van der Waals surface area contributed by atoms with Crippen molar-refractivity contribution in [2.45, 2.75) is 32.4 Å². The molecule has 2 fully saturated rings. The fraction of sp³-hybridized carbons (Fsp3) is 1.00. The van der Waals surface area contributed by atoms with Crippen molar-refractivity contribution in [3.63, 3.8) is 0 Å². The van der Waals surface area contributed by atoms with Crippen LogP contribution >= 0.6 is 0 Å². The zero-order chi connectivity index (χ0) is 9.80. The Morgan fingerprint density at radius 1 is 1.36 bits per heavy atom. The minimum atomic E-state index is 0.408. The van der Waals surface area contributed by atoms with Crippen LogP contribution in [-0.2, 0) is 4.74 Å². The van der Waals surface area contributed by atoms with Crippen molar-refractivity contribution in [2.24, 2.45) is 5.92 Å². The summed E-state index contributed by atoms with van der Waals surface area (Å²) in [6.45, 7) is 7.89. The highest BCUT2D eigenvalue weighted by molar-refractivity contribution is 4.74. The number of rotatable bonds is 1. The summed E-state index contributed by atoms with van der Waals surface area (Å²) in [7, 11) is 0. The maximum Gasteiger partial charge on any atom is 0.110 e. The molecule has 2 unspecified atom stereocenters. The number of hydrogen-bond acceptors (Lipinski definition) is 3. The summed E-state index contributed by atoms with van der Waals surface area (Å²) in [6, 6.07) is 0. The summed E-state index contributed by atoms with van der Waals surface area (Å²) in [6.07, 6.45) is 4.22. The van der Waals surface area contributed by atoms with Crippen LogP contribution in [0.15, 0.2) is 0 Å². The molecule has 2 aliphatic heterocycles. The fourth-order valence-electron chi connectivity index (χ4n) is 2.40. The van der Waals surface area contributed by atoms with E-state index in [1.807, 2.05) is 0 Å². The highest BCUT2D eigenvalue weighted by Gasteiger charge is 2.24. The molecule has 3 nitrogen and oxygen atoms in total. The van der Waals surface area contributed by atoms with Gasteiger partial charge in [0.25, 0.3) is 0 Å². The zero-order valence-corrected chi connectivity index (χ0v) is 9.17. The SMILES string of the molecule is CC1CNCCN(C2CCCCO2)C1. The first-order valence-electron chi connectivity index (χ1n) is 5.92. The van der Waals surface area contributed by atoms with Gasteiger partial charge in [0.2, 0.25) is 0 Å². The first kappa shape index (κ1) is 10.4. The molecule has 2 aliphatic rings. The molecular formula is C11H22N2O. The van der Waals surface area contributed by atoms with Gasteiger partial charge < -0.3 is 10.1 Å². The highest BCUT2D eigenvalue weighted by Crippen LogP contribution is 2.18. The number of ether oxygens (including phenoxy) is 1. The van der Waals surface area contributed by atoms with Crippen molar-refractivity contribution < 1.29 is 4.74 Å². The van der Waals surface area contributed by atoms with Crippen LogP contribution in [0.25, 0.3) is 0 Å². The third-order valence-electron chi connectivity index (χ3n) is 3.18. The molecular weight excluding hydrogens is 176 g/mol. The number of nitrogens with zero attached hydrogens (tertiary/aromatic N) is 1. The van der Waals surface area contributed by atoms with Gasteiger partial charge in [0.05, 0.1) is 0 Å². The summed E-state index contributed by atoms with van der Waals surface area (Å²) in [5.41, 5.74) is 0. The van der Waals surface area contributed by atoms with Crippen molar-refractivity contribution in [1.82, 2.24) is 10.2 Å². The molecule has 1 N–H and O–H groups in total. The molecule has 0 aromatic carbocycles. The maximum atomic E-state index is 5.82. The van der Waals surface area contributed by atoms with Gasteiger partial charge in [-0.05, 0) is 31.7 Å². The molecule has 0 aliphatic carbocycles.